The molecule has 0 bridgehead atoms. The number of halogens is 2. The van der Waals surface area contributed by atoms with Crippen molar-refractivity contribution in [2.75, 3.05) is 0 Å². The van der Waals surface area contributed by atoms with E-state index < -0.39 is 22.0 Å². The van der Waals surface area contributed by atoms with E-state index in [0.29, 0.717) is 0 Å². The highest BCUT2D eigenvalue weighted by atomic mass is 35.5. The molecular weight excluding hydrogens is 179 g/mol. The average molecular weight is 183 g/mol. The molecule has 1 N–H and O–H groups in total. The number of alkyl halides is 2. The first-order valence-corrected chi connectivity index (χ1v) is 3.35. The molecule has 0 aliphatic heterocycles. The summed E-state index contributed by atoms with van der Waals surface area (Å²) in [5.74, 6) is -3.06. The Morgan fingerprint density at radius 1 is 1.50 bits per heavy atom. The molecule has 0 saturated heterocycles. The minimum atomic E-state index is -1.46. The Kier molecular flexibility index (Phi) is 1.65. The number of ketones is 1. The van der Waals surface area contributed by atoms with Crippen molar-refractivity contribution in [3.63, 3.8) is 0 Å². The Morgan fingerprint density at radius 3 is 2.00 bits per heavy atom. The zero-order chi connectivity index (χ0) is 7.94. The topological polar surface area (TPSA) is 54.4 Å². The number of carbonyl (C=O) groups excluding carboxylic acids is 1. The van der Waals surface area contributed by atoms with Crippen molar-refractivity contribution in [2.24, 2.45) is 5.92 Å². The molecule has 0 aromatic rings. The molecule has 0 aromatic carbocycles. The highest BCUT2D eigenvalue weighted by Gasteiger charge is 2.57. The number of hydrogen-bond donors (Lipinski definition) is 1. The van der Waals surface area contributed by atoms with E-state index >= 15 is 0 Å². The minimum absolute atomic E-state index is 0.251. The lowest BCUT2D eigenvalue weighted by Crippen LogP contribution is -2.17. The summed E-state index contributed by atoms with van der Waals surface area (Å²) in [7, 11) is 0. The summed E-state index contributed by atoms with van der Waals surface area (Å²) in [6, 6.07) is 0. The monoisotopic (exact) mass is 182 g/mol. The average Bonchev–Trinajstić information content (AvgIpc) is 2.38. The van der Waals surface area contributed by atoms with Crippen molar-refractivity contribution in [2.45, 2.75) is 10.8 Å². The van der Waals surface area contributed by atoms with Crippen molar-refractivity contribution >= 4 is 35.0 Å². The minimum Gasteiger partial charge on any atom is -0.475 e. The first kappa shape index (κ1) is 7.82. The molecule has 0 aromatic heterocycles. The zero-order valence-electron chi connectivity index (χ0n) is 4.80. The second-order valence-electron chi connectivity index (χ2n) is 2.19. The molecule has 10 heavy (non-hydrogen) atoms. The van der Waals surface area contributed by atoms with Crippen molar-refractivity contribution in [1.29, 1.82) is 0 Å². The summed E-state index contributed by atoms with van der Waals surface area (Å²) >= 11 is 10.9. The number of aliphatic carboxylic acids is 1. The fourth-order valence-corrected chi connectivity index (χ4v) is 1.15. The molecule has 1 aliphatic carbocycles. The second kappa shape index (κ2) is 2.10. The molecule has 1 rings (SSSR count). The molecule has 5 heteroatoms. The van der Waals surface area contributed by atoms with Crippen LogP contribution in [0.3, 0.4) is 0 Å². The molecule has 1 fully saturated rings. The van der Waals surface area contributed by atoms with E-state index in [-0.39, 0.29) is 6.42 Å². The van der Waals surface area contributed by atoms with E-state index in [2.05, 4.69) is 0 Å². The standard InChI is InChI=1S/C5H4Cl2O3/c6-5(7)1-2(5)3(8)4(9)10/h2H,1H2,(H,9,10). The normalized spacial score (nSPS) is 27.6. The number of rotatable bonds is 2. The third kappa shape index (κ3) is 1.25. The molecule has 0 spiro atoms. The number of carboxylic acid groups (broad SMARTS) is 1. The van der Waals surface area contributed by atoms with Gasteiger partial charge in [-0.15, -0.1) is 23.2 Å². The third-order valence-corrected chi connectivity index (χ3v) is 2.19. The predicted molar refractivity (Wildman–Crippen MR) is 35.2 cm³/mol. The quantitative estimate of drug-likeness (QED) is 0.509. The summed E-state index contributed by atoms with van der Waals surface area (Å²) < 4.78 is -1.12. The van der Waals surface area contributed by atoms with Crippen molar-refractivity contribution in [1.82, 2.24) is 0 Å². The van der Waals surface area contributed by atoms with E-state index in [1.807, 2.05) is 0 Å². The first-order valence-electron chi connectivity index (χ1n) is 2.60. The Bertz CT molecular complexity index is 199. The number of carboxylic acids is 1. The van der Waals surface area contributed by atoms with Crippen LogP contribution < -0.4 is 0 Å². The summed E-state index contributed by atoms with van der Waals surface area (Å²) in [4.78, 5) is 20.6. The smallest absolute Gasteiger partial charge is 0.372 e. The molecule has 0 amide bonds. The van der Waals surface area contributed by atoms with E-state index in [1.165, 1.54) is 0 Å². The van der Waals surface area contributed by atoms with Gasteiger partial charge >= 0.3 is 5.97 Å². The number of Topliss-reactive ketones (excluding diaryl/α,β-unsaturated/α-hetero) is 1. The SMILES string of the molecule is O=C(O)C(=O)C1CC1(Cl)Cl. The Hall–Kier alpha value is -0.280. The second-order valence-corrected chi connectivity index (χ2v) is 3.73. The molecular formula is C5H4Cl2O3. The Labute approximate surface area is 66.9 Å². The van der Waals surface area contributed by atoms with Crippen LogP contribution in [-0.4, -0.2) is 21.2 Å². The maximum atomic E-state index is 10.6. The van der Waals surface area contributed by atoms with Gasteiger partial charge in [-0.3, -0.25) is 4.79 Å². The molecule has 1 atom stereocenters. The van der Waals surface area contributed by atoms with E-state index in [1.54, 1.807) is 0 Å². The third-order valence-electron chi connectivity index (χ3n) is 1.35. The summed E-state index contributed by atoms with van der Waals surface area (Å²) in [6.45, 7) is 0. The van der Waals surface area contributed by atoms with Crippen LogP contribution >= 0.6 is 23.2 Å². The van der Waals surface area contributed by atoms with Gasteiger partial charge < -0.3 is 5.11 Å². The van der Waals surface area contributed by atoms with Crippen LogP contribution in [0.5, 0.6) is 0 Å². The van der Waals surface area contributed by atoms with Gasteiger partial charge in [0.05, 0.1) is 5.92 Å². The van der Waals surface area contributed by atoms with Gasteiger partial charge in [0.15, 0.2) is 0 Å². The molecule has 0 radical (unpaired) electrons. The Balaban J connectivity index is 2.56. The molecule has 1 unspecified atom stereocenters. The van der Waals surface area contributed by atoms with E-state index in [0.717, 1.165) is 0 Å². The van der Waals surface area contributed by atoms with E-state index in [4.69, 9.17) is 28.3 Å². The Morgan fingerprint density at radius 2 is 1.90 bits per heavy atom. The lowest BCUT2D eigenvalue weighted by molar-refractivity contribution is -0.149. The van der Waals surface area contributed by atoms with Crippen molar-refractivity contribution < 1.29 is 14.7 Å². The van der Waals surface area contributed by atoms with Crippen LogP contribution in [0.15, 0.2) is 0 Å². The maximum Gasteiger partial charge on any atom is 0.372 e. The van der Waals surface area contributed by atoms with Gasteiger partial charge in [0, 0.05) is 0 Å². The van der Waals surface area contributed by atoms with Gasteiger partial charge in [0.1, 0.15) is 4.33 Å². The van der Waals surface area contributed by atoms with Crippen LogP contribution in [-0.2, 0) is 9.59 Å². The van der Waals surface area contributed by atoms with Crippen LogP contribution in [0.25, 0.3) is 0 Å². The zero-order valence-corrected chi connectivity index (χ0v) is 6.32. The van der Waals surface area contributed by atoms with E-state index in [9.17, 15) is 9.59 Å². The van der Waals surface area contributed by atoms with Gasteiger partial charge in [0.2, 0.25) is 5.78 Å². The van der Waals surface area contributed by atoms with Gasteiger partial charge in [-0.05, 0) is 6.42 Å². The van der Waals surface area contributed by atoms with Crippen LogP contribution in [0, 0.1) is 5.92 Å². The van der Waals surface area contributed by atoms with Gasteiger partial charge in [0.25, 0.3) is 0 Å². The largest absolute Gasteiger partial charge is 0.475 e. The molecule has 0 heterocycles. The number of carbonyl (C=O) groups is 2. The van der Waals surface area contributed by atoms with Crippen LogP contribution in [0.1, 0.15) is 6.42 Å². The van der Waals surface area contributed by atoms with Gasteiger partial charge in [-0.2, -0.15) is 0 Å². The lowest BCUT2D eigenvalue weighted by Gasteiger charge is -1.92. The molecule has 56 valence electrons. The lowest BCUT2D eigenvalue weighted by atomic mass is 10.3. The highest BCUT2D eigenvalue weighted by molar-refractivity contribution is 6.54. The van der Waals surface area contributed by atoms with Gasteiger partial charge in [-0.1, -0.05) is 0 Å². The summed E-state index contributed by atoms with van der Waals surface area (Å²) in [5.41, 5.74) is 0. The maximum absolute atomic E-state index is 10.6. The molecule has 1 aliphatic rings. The fraction of sp³-hybridized carbons (Fsp3) is 0.600. The predicted octanol–water partition coefficient (Wildman–Crippen LogP) is 0.834. The van der Waals surface area contributed by atoms with Gasteiger partial charge in [-0.25, -0.2) is 4.79 Å². The number of hydrogen-bond acceptors (Lipinski definition) is 2. The first-order chi connectivity index (χ1) is 4.45. The van der Waals surface area contributed by atoms with Crippen LogP contribution in [0.2, 0.25) is 0 Å². The van der Waals surface area contributed by atoms with Crippen LogP contribution in [0.4, 0.5) is 0 Å². The highest BCUT2D eigenvalue weighted by Crippen LogP contribution is 2.53. The van der Waals surface area contributed by atoms with Crippen molar-refractivity contribution in [3.8, 4) is 0 Å². The summed E-state index contributed by atoms with van der Waals surface area (Å²) in [6.07, 6.45) is 0.251. The molecule has 3 nitrogen and oxygen atoms in total. The molecule has 1 saturated carbocycles. The van der Waals surface area contributed by atoms with Crippen molar-refractivity contribution in [3.05, 3.63) is 0 Å². The fourth-order valence-electron chi connectivity index (χ4n) is 0.647. The summed E-state index contributed by atoms with van der Waals surface area (Å²) in [5, 5.41) is 8.16.